The lowest BCUT2D eigenvalue weighted by atomic mass is 9.77. The predicted octanol–water partition coefficient (Wildman–Crippen LogP) is 2.82. The molecule has 2 heterocycles. The lowest BCUT2D eigenvalue weighted by Crippen LogP contribution is -2.47. The molecule has 1 aliphatic rings. The molecule has 94 valence electrons. The minimum atomic E-state index is -0.630. The molecule has 1 N–H and O–H groups in total. The van der Waals surface area contributed by atoms with Gasteiger partial charge in [-0.3, -0.25) is 9.69 Å². The first-order valence-electron chi connectivity index (χ1n) is 6.13. The Morgan fingerprint density at radius 1 is 1.65 bits per heavy atom. The SMILES string of the molecule is CCC1(C(=O)O)CCCN(Cc2ccsc2)C1. The Hall–Kier alpha value is -0.870. The second kappa shape index (κ2) is 5.19. The number of carboxylic acids is 1. The molecule has 17 heavy (non-hydrogen) atoms. The van der Waals surface area contributed by atoms with Crippen molar-refractivity contribution in [2.75, 3.05) is 13.1 Å². The van der Waals surface area contributed by atoms with Gasteiger partial charge in [0.1, 0.15) is 0 Å². The van der Waals surface area contributed by atoms with Gasteiger partial charge in [0.2, 0.25) is 0 Å². The molecular formula is C13H19NO2S. The fraction of sp³-hybridized carbons (Fsp3) is 0.615. The van der Waals surface area contributed by atoms with Crippen LogP contribution in [0.5, 0.6) is 0 Å². The molecule has 1 unspecified atom stereocenters. The van der Waals surface area contributed by atoms with Gasteiger partial charge in [0, 0.05) is 13.1 Å². The second-order valence-corrected chi connectivity index (χ2v) is 5.66. The van der Waals surface area contributed by atoms with Crippen LogP contribution in [0.2, 0.25) is 0 Å². The summed E-state index contributed by atoms with van der Waals surface area (Å²) in [7, 11) is 0. The Kier molecular flexibility index (Phi) is 3.84. The minimum absolute atomic E-state index is 0.520. The van der Waals surface area contributed by atoms with Crippen LogP contribution >= 0.6 is 11.3 Å². The summed E-state index contributed by atoms with van der Waals surface area (Å²) in [5.41, 5.74) is 0.779. The summed E-state index contributed by atoms with van der Waals surface area (Å²) in [6, 6.07) is 2.12. The van der Waals surface area contributed by atoms with E-state index in [-0.39, 0.29) is 0 Å². The molecule has 0 amide bonds. The van der Waals surface area contributed by atoms with E-state index >= 15 is 0 Å². The van der Waals surface area contributed by atoms with Crippen molar-refractivity contribution < 1.29 is 9.90 Å². The van der Waals surface area contributed by atoms with Gasteiger partial charge in [0.15, 0.2) is 0 Å². The van der Waals surface area contributed by atoms with E-state index in [4.69, 9.17) is 0 Å². The number of hydrogen-bond acceptors (Lipinski definition) is 3. The number of carbonyl (C=O) groups is 1. The van der Waals surface area contributed by atoms with Crippen LogP contribution in [0.15, 0.2) is 16.8 Å². The lowest BCUT2D eigenvalue weighted by molar-refractivity contribution is -0.153. The van der Waals surface area contributed by atoms with Gasteiger partial charge in [-0.25, -0.2) is 0 Å². The molecule has 2 rings (SSSR count). The third-order valence-electron chi connectivity index (χ3n) is 3.77. The van der Waals surface area contributed by atoms with Crippen LogP contribution in [0.1, 0.15) is 31.7 Å². The van der Waals surface area contributed by atoms with Gasteiger partial charge in [-0.05, 0) is 48.2 Å². The van der Waals surface area contributed by atoms with E-state index in [1.165, 1.54) is 5.56 Å². The number of piperidine rings is 1. The summed E-state index contributed by atoms with van der Waals surface area (Å²) >= 11 is 1.70. The van der Waals surface area contributed by atoms with E-state index < -0.39 is 11.4 Å². The van der Waals surface area contributed by atoms with E-state index in [0.717, 1.165) is 32.4 Å². The highest BCUT2D eigenvalue weighted by Gasteiger charge is 2.40. The van der Waals surface area contributed by atoms with Crippen molar-refractivity contribution in [3.63, 3.8) is 0 Å². The number of aliphatic carboxylic acids is 1. The van der Waals surface area contributed by atoms with Crippen LogP contribution in [0, 0.1) is 5.41 Å². The molecule has 1 aromatic heterocycles. The van der Waals surface area contributed by atoms with Crippen molar-refractivity contribution in [1.82, 2.24) is 4.90 Å². The van der Waals surface area contributed by atoms with Crippen molar-refractivity contribution in [1.29, 1.82) is 0 Å². The maximum atomic E-state index is 11.4. The van der Waals surface area contributed by atoms with Crippen molar-refractivity contribution in [2.45, 2.75) is 32.7 Å². The van der Waals surface area contributed by atoms with Gasteiger partial charge < -0.3 is 5.11 Å². The second-order valence-electron chi connectivity index (χ2n) is 4.88. The van der Waals surface area contributed by atoms with Crippen LogP contribution in [0.25, 0.3) is 0 Å². The molecule has 0 aromatic carbocycles. The number of thiophene rings is 1. The average molecular weight is 253 g/mol. The van der Waals surface area contributed by atoms with Crippen LogP contribution < -0.4 is 0 Å². The van der Waals surface area contributed by atoms with E-state index in [9.17, 15) is 9.90 Å². The normalized spacial score (nSPS) is 25.9. The Morgan fingerprint density at radius 3 is 3.06 bits per heavy atom. The third-order valence-corrected chi connectivity index (χ3v) is 4.50. The molecule has 1 fully saturated rings. The standard InChI is InChI=1S/C13H19NO2S/c1-2-13(12(15)16)5-3-6-14(10-13)8-11-4-7-17-9-11/h4,7,9H,2-3,5-6,8,10H2,1H3,(H,15,16). The van der Waals surface area contributed by atoms with Gasteiger partial charge in [-0.1, -0.05) is 6.92 Å². The van der Waals surface area contributed by atoms with Crippen LogP contribution in [0.3, 0.4) is 0 Å². The van der Waals surface area contributed by atoms with Crippen LogP contribution in [0.4, 0.5) is 0 Å². The molecule has 1 atom stereocenters. The van der Waals surface area contributed by atoms with Crippen molar-refractivity contribution in [3.8, 4) is 0 Å². The fourth-order valence-electron chi connectivity index (χ4n) is 2.62. The number of rotatable bonds is 4. The first-order valence-corrected chi connectivity index (χ1v) is 7.07. The lowest BCUT2D eigenvalue weighted by Gasteiger charge is -2.39. The summed E-state index contributed by atoms with van der Waals surface area (Å²) in [6.45, 7) is 4.58. The third kappa shape index (κ3) is 2.69. The van der Waals surface area contributed by atoms with Crippen molar-refractivity contribution in [3.05, 3.63) is 22.4 Å². The highest BCUT2D eigenvalue weighted by Crippen LogP contribution is 2.34. The Bertz CT molecular complexity index is 377. The highest BCUT2D eigenvalue weighted by molar-refractivity contribution is 7.07. The molecule has 1 aliphatic heterocycles. The largest absolute Gasteiger partial charge is 0.481 e. The van der Waals surface area contributed by atoms with Crippen LogP contribution in [-0.2, 0) is 11.3 Å². The molecule has 1 saturated heterocycles. The number of likely N-dealkylation sites (tertiary alicyclic amines) is 1. The molecule has 0 radical (unpaired) electrons. The molecule has 4 heteroatoms. The smallest absolute Gasteiger partial charge is 0.310 e. The molecule has 0 spiro atoms. The predicted molar refractivity (Wildman–Crippen MR) is 69.2 cm³/mol. The summed E-state index contributed by atoms with van der Waals surface area (Å²) in [5.74, 6) is -0.630. The van der Waals surface area contributed by atoms with Gasteiger partial charge in [0.25, 0.3) is 0 Å². The van der Waals surface area contributed by atoms with Gasteiger partial charge in [-0.15, -0.1) is 0 Å². The monoisotopic (exact) mass is 253 g/mol. The average Bonchev–Trinajstić information content (AvgIpc) is 2.82. The van der Waals surface area contributed by atoms with Crippen molar-refractivity contribution >= 4 is 17.3 Å². The first-order chi connectivity index (χ1) is 8.16. The topological polar surface area (TPSA) is 40.5 Å². The zero-order chi connectivity index (χ0) is 12.3. The van der Waals surface area contributed by atoms with Gasteiger partial charge >= 0.3 is 5.97 Å². The first kappa shape index (κ1) is 12.6. The zero-order valence-electron chi connectivity index (χ0n) is 10.2. The van der Waals surface area contributed by atoms with E-state index in [0.29, 0.717) is 6.54 Å². The minimum Gasteiger partial charge on any atom is -0.481 e. The molecule has 0 saturated carbocycles. The summed E-state index contributed by atoms with van der Waals surface area (Å²) in [4.78, 5) is 13.7. The molecule has 3 nitrogen and oxygen atoms in total. The quantitative estimate of drug-likeness (QED) is 0.897. The van der Waals surface area contributed by atoms with Gasteiger partial charge in [-0.2, -0.15) is 11.3 Å². The number of carboxylic acid groups (broad SMARTS) is 1. The molecule has 1 aromatic rings. The number of nitrogens with zero attached hydrogens (tertiary/aromatic N) is 1. The summed E-state index contributed by atoms with van der Waals surface area (Å²) in [6.07, 6.45) is 2.53. The van der Waals surface area contributed by atoms with Crippen LogP contribution in [-0.4, -0.2) is 29.1 Å². The molecule has 0 bridgehead atoms. The van der Waals surface area contributed by atoms with Gasteiger partial charge in [0.05, 0.1) is 5.41 Å². The highest BCUT2D eigenvalue weighted by atomic mass is 32.1. The summed E-state index contributed by atoms with van der Waals surface area (Å²) in [5, 5.41) is 13.6. The number of hydrogen-bond donors (Lipinski definition) is 1. The maximum Gasteiger partial charge on any atom is 0.310 e. The van der Waals surface area contributed by atoms with E-state index in [2.05, 4.69) is 21.7 Å². The van der Waals surface area contributed by atoms with E-state index in [1.807, 2.05) is 6.92 Å². The Balaban J connectivity index is 2.03. The molecular weight excluding hydrogens is 234 g/mol. The zero-order valence-corrected chi connectivity index (χ0v) is 11.0. The molecule has 0 aliphatic carbocycles. The van der Waals surface area contributed by atoms with E-state index in [1.54, 1.807) is 11.3 Å². The Morgan fingerprint density at radius 2 is 2.47 bits per heavy atom. The van der Waals surface area contributed by atoms with Crippen molar-refractivity contribution in [2.24, 2.45) is 5.41 Å². The summed E-state index contributed by atoms with van der Waals surface area (Å²) < 4.78 is 0. The maximum absolute atomic E-state index is 11.4. The Labute approximate surface area is 106 Å². The fourth-order valence-corrected chi connectivity index (χ4v) is 3.28.